The van der Waals surface area contributed by atoms with Gasteiger partial charge in [-0.1, -0.05) is 0 Å². The molecule has 0 heterocycles. The van der Waals surface area contributed by atoms with Crippen molar-refractivity contribution in [3.8, 4) is 22.3 Å². The number of benzene rings is 4. The van der Waals surface area contributed by atoms with Crippen LogP contribution in [0.25, 0.3) is 34.4 Å². The predicted octanol–water partition coefficient (Wildman–Crippen LogP) is 13.0. The molecule has 0 fully saturated rings. The molecule has 0 spiro atoms. The van der Waals surface area contributed by atoms with Gasteiger partial charge in [-0.3, -0.25) is 0 Å². The van der Waals surface area contributed by atoms with E-state index in [1.54, 1.807) is 11.1 Å². The summed E-state index contributed by atoms with van der Waals surface area (Å²) in [5, 5.41) is 0. The van der Waals surface area contributed by atoms with Crippen LogP contribution in [-0.2, 0) is 30.9 Å². The Morgan fingerprint density at radius 1 is 0.543 bits per heavy atom. The van der Waals surface area contributed by atoms with Crippen molar-refractivity contribution in [1.29, 1.82) is 0 Å². The topological polar surface area (TPSA) is 0 Å². The van der Waals surface area contributed by atoms with Crippen LogP contribution in [0.4, 0.5) is 0 Å². The van der Waals surface area contributed by atoms with Gasteiger partial charge in [-0.15, -0.1) is 0 Å². The molecule has 46 heavy (non-hydrogen) atoms. The molecule has 0 nitrogen and oxygen atoms in total. The molecule has 2 aliphatic rings. The molecule has 2 atom stereocenters. The molecule has 0 saturated heterocycles. The van der Waals surface area contributed by atoms with E-state index in [1.807, 2.05) is 3.26 Å². The van der Waals surface area contributed by atoms with Crippen molar-refractivity contribution >= 4 is 15.4 Å². The van der Waals surface area contributed by atoms with E-state index in [0.29, 0.717) is 19.2 Å². The Balaban J connectivity index is 1.61. The normalized spacial score (nSPS) is 17.2. The Bertz CT molecular complexity index is 1760. The van der Waals surface area contributed by atoms with Gasteiger partial charge in [0.25, 0.3) is 0 Å². The Kier molecular flexibility index (Phi) is 9.30. The molecular formula is C45H54Hf. The Hall–Kier alpha value is -2.90. The molecule has 2 aliphatic carbocycles. The first kappa shape index (κ1) is 33.0. The second kappa shape index (κ2) is 13.0. The van der Waals surface area contributed by atoms with Crippen molar-refractivity contribution in [2.45, 2.75) is 83.9 Å². The maximum absolute atomic E-state index is 4.17. The molecule has 0 saturated carbocycles. The summed E-state index contributed by atoms with van der Waals surface area (Å²) >= 11 is -4.17. The molecule has 0 bridgehead atoms. The van der Waals surface area contributed by atoms with E-state index in [4.69, 9.17) is 0 Å². The molecule has 4 aromatic carbocycles. The third-order valence-electron chi connectivity index (χ3n) is 11.6. The Morgan fingerprint density at radius 2 is 0.935 bits per heavy atom. The fourth-order valence-corrected chi connectivity index (χ4v) is 35.0. The van der Waals surface area contributed by atoms with Gasteiger partial charge in [0, 0.05) is 0 Å². The SMILES string of the molecule is CCc1ccccc1-c1cccc2c1C=C[CH]2[Hf]([CH3])([CH3])(=[C](CC(C)C)CC(C)C)[CH]1C=Cc2c(-c3ccccc3CC)cccc21. The van der Waals surface area contributed by atoms with E-state index >= 15 is 0 Å². The molecule has 238 valence electrons. The number of aryl methyl sites for hydroxylation is 2. The van der Waals surface area contributed by atoms with Gasteiger partial charge in [0.1, 0.15) is 0 Å². The van der Waals surface area contributed by atoms with Crippen LogP contribution in [0.2, 0.25) is 9.36 Å². The van der Waals surface area contributed by atoms with Crippen molar-refractivity contribution in [2.24, 2.45) is 11.8 Å². The molecule has 0 aliphatic heterocycles. The number of allylic oxidation sites excluding steroid dienone is 2. The van der Waals surface area contributed by atoms with Crippen LogP contribution in [0, 0.1) is 11.8 Å². The number of hydrogen-bond acceptors (Lipinski definition) is 0. The Morgan fingerprint density at radius 3 is 1.33 bits per heavy atom. The summed E-state index contributed by atoms with van der Waals surface area (Å²) in [5.41, 5.74) is 14.5. The van der Waals surface area contributed by atoms with Gasteiger partial charge in [-0.05, 0) is 0 Å². The van der Waals surface area contributed by atoms with E-state index < -0.39 is 18.0 Å². The van der Waals surface area contributed by atoms with Gasteiger partial charge < -0.3 is 0 Å². The van der Waals surface area contributed by atoms with Gasteiger partial charge >= 0.3 is 282 Å². The van der Waals surface area contributed by atoms with Gasteiger partial charge in [-0.2, -0.15) is 0 Å². The first-order valence-electron chi connectivity index (χ1n) is 17.9. The van der Waals surface area contributed by atoms with Crippen molar-refractivity contribution in [3.05, 3.63) is 130 Å². The average molecular weight is 773 g/mol. The van der Waals surface area contributed by atoms with Crippen LogP contribution in [0.5, 0.6) is 0 Å². The van der Waals surface area contributed by atoms with Crippen molar-refractivity contribution in [1.82, 2.24) is 0 Å². The van der Waals surface area contributed by atoms with Crippen LogP contribution in [0.15, 0.2) is 97.1 Å². The fraction of sp³-hybridized carbons (Fsp3) is 0.356. The van der Waals surface area contributed by atoms with Crippen molar-refractivity contribution in [3.63, 3.8) is 0 Å². The van der Waals surface area contributed by atoms with E-state index in [9.17, 15) is 0 Å². The number of fused-ring (bicyclic) bond motifs is 2. The van der Waals surface area contributed by atoms with Crippen molar-refractivity contribution < 1.29 is 18.0 Å². The molecule has 6 rings (SSSR count). The molecule has 0 radical (unpaired) electrons. The molecule has 0 amide bonds. The van der Waals surface area contributed by atoms with E-state index in [2.05, 4.69) is 160 Å². The minimum absolute atomic E-state index is 0.473. The minimum atomic E-state index is -4.17. The quantitative estimate of drug-likeness (QED) is 0.141. The zero-order valence-corrected chi connectivity index (χ0v) is 33.1. The molecule has 2 unspecified atom stereocenters. The van der Waals surface area contributed by atoms with Crippen LogP contribution in [0.3, 0.4) is 0 Å². The summed E-state index contributed by atoms with van der Waals surface area (Å²) in [6.45, 7) is 14.3. The van der Waals surface area contributed by atoms with Gasteiger partial charge in [-0.25, -0.2) is 0 Å². The molecule has 4 aromatic rings. The van der Waals surface area contributed by atoms with E-state index in [1.165, 1.54) is 57.3 Å². The summed E-state index contributed by atoms with van der Waals surface area (Å²) in [6.07, 6.45) is 14.9. The first-order valence-corrected chi connectivity index (χ1v) is 31.0. The number of rotatable bonds is 10. The standard InChI is InChI=1S/2C17H15.C9H18.2CH3.Hf/c2*1-2-13-7-3-4-10-15(13)17-12-6-9-14-8-5-11-16(14)17;1-8(2)6-5-7-9(3)4;;;/h2*3-12H,2H2,1H3;8-9H,6-7H2,1-4H3;2*1H3;. The van der Waals surface area contributed by atoms with Crippen LogP contribution < -0.4 is 0 Å². The Labute approximate surface area is 280 Å². The summed E-state index contributed by atoms with van der Waals surface area (Å²) < 4.78 is 8.57. The molecule has 0 N–H and O–H groups in total. The van der Waals surface area contributed by atoms with Gasteiger partial charge in [0.2, 0.25) is 0 Å². The number of hydrogen-bond donors (Lipinski definition) is 0. The second-order valence-corrected chi connectivity index (χ2v) is 41.5. The summed E-state index contributed by atoms with van der Waals surface area (Å²) in [4.78, 5) is 0. The maximum atomic E-state index is 2.85. The second-order valence-electron chi connectivity index (χ2n) is 15.7. The summed E-state index contributed by atoms with van der Waals surface area (Å²) in [5.74, 6) is 1.29. The third-order valence-corrected chi connectivity index (χ3v) is 38.4. The average Bonchev–Trinajstić information content (AvgIpc) is 3.70. The fourth-order valence-electron chi connectivity index (χ4n) is 9.22. The van der Waals surface area contributed by atoms with Crippen LogP contribution >= 0.6 is 0 Å². The van der Waals surface area contributed by atoms with E-state index in [0.717, 1.165) is 12.8 Å². The molecule has 1 heteroatoms. The summed E-state index contributed by atoms with van der Waals surface area (Å²) in [6, 6.07) is 32.5. The van der Waals surface area contributed by atoms with E-state index in [-0.39, 0.29) is 0 Å². The zero-order chi connectivity index (χ0) is 32.7. The third kappa shape index (κ3) is 5.55. The first-order chi connectivity index (χ1) is 22.1. The summed E-state index contributed by atoms with van der Waals surface area (Å²) in [7, 11) is 0. The molecular weight excluding hydrogens is 719 g/mol. The monoisotopic (exact) mass is 774 g/mol. The molecule has 0 aromatic heterocycles. The van der Waals surface area contributed by atoms with Crippen molar-refractivity contribution in [2.75, 3.05) is 0 Å². The van der Waals surface area contributed by atoms with Crippen LogP contribution in [-0.4, -0.2) is 3.26 Å². The predicted molar refractivity (Wildman–Crippen MR) is 202 cm³/mol. The van der Waals surface area contributed by atoms with Gasteiger partial charge in [0.05, 0.1) is 0 Å². The zero-order valence-electron chi connectivity index (χ0n) is 29.5. The van der Waals surface area contributed by atoms with Gasteiger partial charge in [0.15, 0.2) is 0 Å². The van der Waals surface area contributed by atoms with Crippen LogP contribution in [0.1, 0.15) is 95.1 Å².